The molecule has 0 saturated heterocycles. The number of benzene rings is 2. The maximum Gasteiger partial charge on any atom is 0.455 e. The van der Waals surface area contributed by atoms with E-state index in [-0.39, 0.29) is 35.4 Å². The van der Waals surface area contributed by atoms with Gasteiger partial charge in [-0.3, -0.25) is 4.74 Å². The summed E-state index contributed by atoms with van der Waals surface area (Å²) in [5.41, 5.74) is 3.19. The molecule has 2 aromatic carbocycles. The van der Waals surface area contributed by atoms with Crippen molar-refractivity contribution in [1.29, 1.82) is 0 Å². The highest BCUT2D eigenvalue weighted by Gasteiger charge is 2.30. The van der Waals surface area contributed by atoms with Crippen molar-refractivity contribution in [3.63, 3.8) is 0 Å². The highest BCUT2D eigenvalue weighted by atomic mass is 16.9. The molecule has 0 amide bonds. The van der Waals surface area contributed by atoms with Crippen molar-refractivity contribution in [2.24, 2.45) is 0 Å². The third-order valence-corrected chi connectivity index (χ3v) is 5.62. The Balaban J connectivity index is 1.82. The van der Waals surface area contributed by atoms with Crippen LogP contribution in [0.15, 0.2) is 41.2 Å². The van der Waals surface area contributed by atoms with E-state index in [2.05, 4.69) is 23.2 Å². The molecule has 1 unspecified atom stereocenters. The standard InChI is InChI=1S/C24H27N3O6/c1-5-32-24(30,31)33-21-12-20(28)19(11-18(21)13(2)3)22-25-26-23(29)27(22)16-8-9-17-14(4)6-7-15(17)10-16/h6-14,28,30-31H,5H2,1-4H3,(H,26,29). The molecule has 3 aromatic rings. The van der Waals surface area contributed by atoms with Gasteiger partial charge in [0.05, 0.1) is 17.9 Å². The lowest BCUT2D eigenvalue weighted by molar-refractivity contribution is -0.437. The Kier molecular flexibility index (Phi) is 5.87. The van der Waals surface area contributed by atoms with Gasteiger partial charge in [0.15, 0.2) is 5.82 Å². The van der Waals surface area contributed by atoms with Crippen molar-refractivity contribution < 1.29 is 24.8 Å². The average Bonchev–Trinajstić information content (AvgIpc) is 3.30. The Labute approximate surface area is 190 Å². The molecule has 0 fully saturated rings. The van der Waals surface area contributed by atoms with Crippen LogP contribution in [0.25, 0.3) is 23.2 Å². The smallest absolute Gasteiger partial charge is 0.455 e. The highest BCUT2D eigenvalue weighted by Crippen LogP contribution is 2.39. The van der Waals surface area contributed by atoms with Gasteiger partial charge in [-0.1, -0.05) is 39.0 Å². The molecule has 1 aliphatic carbocycles. The first kappa shape index (κ1) is 22.8. The Morgan fingerprint density at radius 2 is 2.00 bits per heavy atom. The van der Waals surface area contributed by atoms with E-state index in [0.29, 0.717) is 17.2 Å². The number of H-pyrrole nitrogens is 1. The molecule has 33 heavy (non-hydrogen) atoms. The summed E-state index contributed by atoms with van der Waals surface area (Å²) in [5.74, 6) is 0.177. The van der Waals surface area contributed by atoms with Crippen LogP contribution >= 0.6 is 0 Å². The molecule has 4 rings (SSSR count). The predicted octanol–water partition coefficient (Wildman–Crippen LogP) is 3.20. The number of allylic oxidation sites excluding steroid dienone is 1. The third kappa shape index (κ3) is 4.30. The van der Waals surface area contributed by atoms with E-state index >= 15 is 0 Å². The number of nitrogens with one attached hydrogen (secondary N) is 1. The quantitative estimate of drug-likeness (QED) is 0.404. The number of hydrogen-bond donors (Lipinski definition) is 4. The lowest BCUT2D eigenvalue weighted by Crippen LogP contribution is -2.39. The van der Waals surface area contributed by atoms with Crippen molar-refractivity contribution in [2.45, 2.75) is 45.7 Å². The van der Waals surface area contributed by atoms with Gasteiger partial charge in [0.1, 0.15) is 11.5 Å². The van der Waals surface area contributed by atoms with Crippen LogP contribution in [0.4, 0.5) is 0 Å². The maximum absolute atomic E-state index is 12.7. The van der Waals surface area contributed by atoms with Gasteiger partial charge < -0.3 is 20.1 Å². The first-order chi connectivity index (χ1) is 15.6. The molecule has 1 aromatic heterocycles. The molecule has 9 nitrogen and oxygen atoms in total. The largest absolute Gasteiger partial charge is 0.507 e. The molecule has 0 aliphatic heterocycles. The van der Waals surface area contributed by atoms with Gasteiger partial charge in [-0.2, -0.15) is 5.10 Å². The number of aromatic nitrogens is 3. The number of nitrogens with zero attached hydrogens (tertiary/aromatic N) is 2. The van der Waals surface area contributed by atoms with E-state index in [4.69, 9.17) is 9.47 Å². The summed E-state index contributed by atoms with van der Waals surface area (Å²) in [6.07, 6.45) is 1.26. The van der Waals surface area contributed by atoms with Crippen LogP contribution in [-0.2, 0) is 4.74 Å². The Bertz CT molecular complexity index is 1270. The molecule has 4 N–H and O–H groups in total. The second-order valence-electron chi connectivity index (χ2n) is 8.29. The van der Waals surface area contributed by atoms with E-state index in [1.54, 1.807) is 13.0 Å². The van der Waals surface area contributed by atoms with Crippen LogP contribution < -0.4 is 10.4 Å². The number of ether oxygens (including phenoxy) is 2. The number of rotatable bonds is 7. The number of phenolic OH excluding ortho intramolecular Hbond substituents is 1. The molecule has 0 saturated carbocycles. The molecule has 0 spiro atoms. The summed E-state index contributed by atoms with van der Waals surface area (Å²) in [4.78, 5) is 12.7. The minimum atomic E-state index is -2.85. The number of aliphatic hydroxyl groups is 2. The summed E-state index contributed by atoms with van der Waals surface area (Å²) < 4.78 is 11.4. The molecule has 0 radical (unpaired) electrons. The monoisotopic (exact) mass is 453 g/mol. The van der Waals surface area contributed by atoms with Crippen molar-refractivity contribution in [3.05, 3.63) is 63.6 Å². The van der Waals surface area contributed by atoms with Gasteiger partial charge in [0.2, 0.25) is 0 Å². The minimum absolute atomic E-state index is 0.00235. The summed E-state index contributed by atoms with van der Waals surface area (Å²) >= 11 is 0. The Morgan fingerprint density at radius 1 is 1.24 bits per heavy atom. The third-order valence-electron chi connectivity index (χ3n) is 5.62. The number of hydrogen-bond acceptors (Lipinski definition) is 7. The zero-order valence-corrected chi connectivity index (χ0v) is 18.9. The fourth-order valence-electron chi connectivity index (χ4n) is 3.99. The minimum Gasteiger partial charge on any atom is -0.507 e. The van der Waals surface area contributed by atoms with Gasteiger partial charge >= 0.3 is 11.8 Å². The normalized spacial score (nSPS) is 15.3. The lowest BCUT2D eigenvalue weighted by atomic mass is 9.98. The maximum atomic E-state index is 12.7. The number of phenols is 1. The van der Waals surface area contributed by atoms with Crippen LogP contribution in [0, 0.1) is 0 Å². The van der Waals surface area contributed by atoms with Gasteiger partial charge in [-0.15, -0.1) is 0 Å². The summed E-state index contributed by atoms with van der Waals surface area (Å²) in [6.45, 7) is 7.45. The Hall–Kier alpha value is -3.40. The SMILES string of the molecule is CCOC(O)(O)Oc1cc(O)c(-c2n[nH]c(=O)n2-c2ccc3c(c2)C=CC3C)cc1C(C)C. The van der Waals surface area contributed by atoms with E-state index in [1.165, 1.54) is 16.2 Å². The molecular formula is C24H27N3O6. The predicted molar refractivity (Wildman–Crippen MR) is 122 cm³/mol. The van der Waals surface area contributed by atoms with Crippen LogP contribution in [0.5, 0.6) is 11.5 Å². The van der Waals surface area contributed by atoms with E-state index in [9.17, 15) is 20.1 Å². The van der Waals surface area contributed by atoms with Crippen LogP contribution in [0.3, 0.4) is 0 Å². The molecule has 1 atom stereocenters. The van der Waals surface area contributed by atoms with Crippen molar-refractivity contribution >= 4 is 6.08 Å². The first-order valence-electron chi connectivity index (χ1n) is 10.8. The lowest BCUT2D eigenvalue weighted by Gasteiger charge is -2.24. The van der Waals surface area contributed by atoms with Gasteiger partial charge in [-0.05, 0) is 53.6 Å². The van der Waals surface area contributed by atoms with E-state index in [0.717, 1.165) is 5.56 Å². The van der Waals surface area contributed by atoms with Crippen molar-refractivity contribution in [2.75, 3.05) is 6.61 Å². The second kappa shape index (κ2) is 8.51. The van der Waals surface area contributed by atoms with Crippen molar-refractivity contribution in [3.8, 4) is 28.6 Å². The highest BCUT2D eigenvalue weighted by molar-refractivity contribution is 5.70. The zero-order valence-electron chi connectivity index (χ0n) is 18.9. The summed E-state index contributed by atoms with van der Waals surface area (Å²) in [7, 11) is 0. The number of aromatic amines is 1. The van der Waals surface area contributed by atoms with E-state index in [1.807, 2.05) is 38.1 Å². The summed E-state index contributed by atoms with van der Waals surface area (Å²) in [5, 5.41) is 37.2. The molecule has 0 bridgehead atoms. The average molecular weight is 453 g/mol. The number of aromatic hydroxyl groups is 1. The zero-order chi connectivity index (χ0) is 23.9. The van der Waals surface area contributed by atoms with Gasteiger partial charge in [0.25, 0.3) is 0 Å². The molecule has 1 aliphatic rings. The fraction of sp³-hybridized carbons (Fsp3) is 0.333. The second-order valence-corrected chi connectivity index (χ2v) is 8.29. The van der Waals surface area contributed by atoms with E-state index < -0.39 is 11.8 Å². The van der Waals surface area contributed by atoms with Crippen LogP contribution in [-0.4, -0.2) is 42.9 Å². The first-order valence-corrected chi connectivity index (χ1v) is 10.8. The topological polar surface area (TPSA) is 130 Å². The fourth-order valence-corrected chi connectivity index (χ4v) is 3.99. The van der Waals surface area contributed by atoms with Crippen LogP contribution in [0.1, 0.15) is 56.2 Å². The Morgan fingerprint density at radius 3 is 2.70 bits per heavy atom. The molecular weight excluding hydrogens is 426 g/mol. The molecule has 9 heteroatoms. The molecule has 174 valence electrons. The van der Waals surface area contributed by atoms with Gasteiger partial charge in [0, 0.05) is 6.07 Å². The summed E-state index contributed by atoms with van der Waals surface area (Å²) in [6, 6.07) is 8.58. The van der Waals surface area contributed by atoms with Crippen molar-refractivity contribution in [1.82, 2.24) is 14.8 Å². The number of fused-ring (bicyclic) bond motifs is 1. The van der Waals surface area contributed by atoms with Crippen LogP contribution in [0.2, 0.25) is 0 Å². The van der Waals surface area contributed by atoms with Gasteiger partial charge in [-0.25, -0.2) is 14.5 Å². The molecule has 1 heterocycles.